The normalized spacial score (nSPS) is 12.3. The van der Waals surface area contributed by atoms with Crippen molar-refractivity contribution in [1.82, 2.24) is 10.6 Å². The number of amidine groups is 1. The van der Waals surface area contributed by atoms with E-state index in [2.05, 4.69) is 15.4 Å². The van der Waals surface area contributed by atoms with E-state index < -0.39 is 6.10 Å². The molecule has 0 aromatic carbocycles. The van der Waals surface area contributed by atoms with Gasteiger partial charge in [0.2, 0.25) is 0 Å². The first-order valence-electron chi connectivity index (χ1n) is 3.39. The van der Waals surface area contributed by atoms with Crippen LogP contribution in [0, 0.1) is 5.41 Å². The van der Waals surface area contributed by atoms with E-state index in [0.29, 0.717) is 13.1 Å². The highest BCUT2D eigenvalue weighted by Gasteiger charge is 2.02. The molecule has 0 saturated heterocycles. The second-order valence-electron chi connectivity index (χ2n) is 2.13. The lowest BCUT2D eigenvalue weighted by Crippen LogP contribution is -2.37. The quantitative estimate of drug-likeness (QED) is 0.306. The standard InChI is InChI=1S/C6H15N3O2/c1-8-3-5(10)4-9-6(7)11-2/h5,8,10H,3-4H2,1-2H3,(H2,7,9). The van der Waals surface area contributed by atoms with Gasteiger partial charge in [-0.3, -0.25) is 5.41 Å². The van der Waals surface area contributed by atoms with Crippen LogP contribution in [0.4, 0.5) is 0 Å². The van der Waals surface area contributed by atoms with Crippen LogP contribution in [0.1, 0.15) is 0 Å². The number of rotatable bonds is 4. The third-order valence-electron chi connectivity index (χ3n) is 1.14. The van der Waals surface area contributed by atoms with Gasteiger partial charge in [-0.2, -0.15) is 0 Å². The van der Waals surface area contributed by atoms with E-state index in [1.165, 1.54) is 7.11 Å². The van der Waals surface area contributed by atoms with E-state index in [-0.39, 0.29) is 6.02 Å². The highest BCUT2D eigenvalue weighted by Crippen LogP contribution is 1.76. The van der Waals surface area contributed by atoms with Gasteiger partial charge in [-0.25, -0.2) is 0 Å². The Labute approximate surface area is 66.3 Å². The summed E-state index contributed by atoms with van der Waals surface area (Å²) in [6.45, 7) is 0.831. The largest absolute Gasteiger partial charge is 0.469 e. The molecular formula is C6H15N3O2. The fourth-order valence-corrected chi connectivity index (χ4v) is 0.590. The van der Waals surface area contributed by atoms with Crippen LogP contribution in [0.3, 0.4) is 0 Å². The van der Waals surface area contributed by atoms with E-state index >= 15 is 0 Å². The molecule has 1 unspecified atom stereocenters. The van der Waals surface area contributed by atoms with Crippen LogP contribution in [0.2, 0.25) is 0 Å². The van der Waals surface area contributed by atoms with E-state index in [1.54, 1.807) is 7.05 Å². The Morgan fingerprint density at radius 3 is 2.73 bits per heavy atom. The van der Waals surface area contributed by atoms with E-state index in [9.17, 15) is 0 Å². The van der Waals surface area contributed by atoms with Gasteiger partial charge >= 0.3 is 0 Å². The van der Waals surface area contributed by atoms with Crippen LogP contribution >= 0.6 is 0 Å². The van der Waals surface area contributed by atoms with Crippen LogP contribution in [0.25, 0.3) is 0 Å². The van der Waals surface area contributed by atoms with Gasteiger partial charge in [-0.1, -0.05) is 0 Å². The predicted molar refractivity (Wildman–Crippen MR) is 42.7 cm³/mol. The van der Waals surface area contributed by atoms with Crippen molar-refractivity contribution >= 4 is 6.02 Å². The number of likely N-dealkylation sites (N-methyl/N-ethyl adjacent to an activating group) is 1. The summed E-state index contributed by atoms with van der Waals surface area (Å²) in [5.74, 6) is 0. The summed E-state index contributed by atoms with van der Waals surface area (Å²) in [4.78, 5) is 0. The molecule has 5 heteroatoms. The van der Waals surface area contributed by atoms with Gasteiger partial charge in [0.25, 0.3) is 6.02 Å². The number of hydrogen-bond donors (Lipinski definition) is 4. The van der Waals surface area contributed by atoms with Crippen molar-refractivity contribution in [2.75, 3.05) is 27.2 Å². The Hall–Kier alpha value is -0.810. The SMILES string of the molecule is CNCC(O)CNC(=N)OC. The minimum Gasteiger partial charge on any atom is -0.469 e. The molecule has 5 nitrogen and oxygen atoms in total. The van der Waals surface area contributed by atoms with Crippen molar-refractivity contribution in [3.63, 3.8) is 0 Å². The summed E-state index contributed by atoms with van der Waals surface area (Å²) < 4.78 is 4.52. The topological polar surface area (TPSA) is 77.4 Å². The van der Waals surface area contributed by atoms with Gasteiger partial charge < -0.3 is 20.5 Å². The zero-order chi connectivity index (χ0) is 8.69. The number of aliphatic hydroxyl groups is 1. The first-order valence-corrected chi connectivity index (χ1v) is 3.39. The Morgan fingerprint density at radius 1 is 1.64 bits per heavy atom. The molecule has 0 aliphatic heterocycles. The van der Waals surface area contributed by atoms with Gasteiger partial charge in [-0.05, 0) is 7.05 Å². The van der Waals surface area contributed by atoms with Gasteiger partial charge in [0.1, 0.15) is 0 Å². The van der Waals surface area contributed by atoms with Crippen molar-refractivity contribution in [2.24, 2.45) is 0 Å². The Kier molecular flexibility index (Phi) is 5.50. The number of aliphatic hydroxyl groups excluding tert-OH is 1. The van der Waals surface area contributed by atoms with E-state index in [4.69, 9.17) is 10.5 Å². The Balaban J connectivity index is 3.29. The van der Waals surface area contributed by atoms with Crippen molar-refractivity contribution < 1.29 is 9.84 Å². The second kappa shape index (κ2) is 5.94. The Morgan fingerprint density at radius 2 is 2.27 bits per heavy atom. The lowest BCUT2D eigenvalue weighted by Gasteiger charge is -2.11. The van der Waals surface area contributed by atoms with E-state index in [0.717, 1.165) is 0 Å². The minimum atomic E-state index is -0.490. The summed E-state index contributed by atoms with van der Waals surface area (Å²) in [5, 5.41) is 21.5. The lowest BCUT2D eigenvalue weighted by atomic mass is 10.3. The number of hydrogen-bond acceptors (Lipinski definition) is 4. The fourth-order valence-electron chi connectivity index (χ4n) is 0.590. The zero-order valence-electron chi connectivity index (χ0n) is 6.85. The summed E-state index contributed by atoms with van der Waals surface area (Å²) >= 11 is 0. The molecule has 0 aliphatic carbocycles. The van der Waals surface area contributed by atoms with E-state index in [1.807, 2.05) is 0 Å². The smallest absolute Gasteiger partial charge is 0.281 e. The van der Waals surface area contributed by atoms with Crippen molar-refractivity contribution in [1.29, 1.82) is 5.41 Å². The third-order valence-corrected chi connectivity index (χ3v) is 1.14. The average Bonchev–Trinajstić information content (AvgIpc) is 2.01. The molecular weight excluding hydrogens is 146 g/mol. The number of methoxy groups -OCH3 is 1. The predicted octanol–water partition coefficient (Wildman–Crippen LogP) is -1.26. The molecule has 0 bridgehead atoms. The summed E-state index contributed by atoms with van der Waals surface area (Å²) in [7, 11) is 3.16. The molecule has 0 amide bonds. The molecule has 0 heterocycles. The van der Waals surface area contributed by atoms with Gasteiger partial charge in [0.15, 0.2) is 0 Å². The second-order valence-corrected chi connectivity index (χ2v) is 2.13. The molecule has 0 aromatic heterocycles. The first-order chi connectivity index (χ1) is 5.20. The van der Waals surface area contributed by atoms with Gasteiger partial charge in [-0.15, -0.1) is 0 Å². The maximum absolute atomic E-state index is 9.12. The average molecular weight is 161 g/mol. The highest BCUT2D eigenvalue weighted by atomic mass is 16.5. The molecule has 0 aliphatic rings. The first kappa shape index (κ1) is 10.2. The molecule has 66 valence electrons. The Bertz CT molecular complexity index is 118. The number of ether oxygens (including phenoxy) is 1. The molecule has 0 spiro atoms. The molecule has 0 fully saturated rings. The minimum absolute atomic E-state index is 0.0276. The molecule has 1 atom stereocenters. The van der Waals surface area contributed by atoms with Crippen molar-refractivity contribution in [3.8, 4) is 0 Å². The molecule has 0 radical (unpaired) electrons. The monoisotopic (exact) mass is 161 g/mol. The third kappa shape index (κ3) is 5.63. The molecule has 4 N–H and O–H groups in total. The molecule has 0 aromatic rings. The fraction of sp³-hybridized carbons (Fsp3) is 0.833. The van der Waals surface area contributed by atoms with Gasteiger partial charge in [0, 0.05) is 13.1 Å². The van der Waals surface area contributed by atoms with Crippen LogP contribution in [0.5, 0.6) is 0 Å². The van der Waals surface area contributed by atoms with Crippen LogP contribution in [0.15, 0.2) is 0 Å². The van der Waals surface area contributed by atoms with Crippen LogP contribution in [-0.2, 0) is 4.74 Å². The summed E-state index contributed by atoms with van der Waals surface area (Å²) in [5.41, 5.74) is 0. The molecule has 11 heavy (non-hydrogen) atoms. The van der Waals surface area contributed by atoms with Gasteiger partial charge in [0.05, 0.1) is 13.2 Å². The zero-order valence-corrected chi connectivity index (χ0v) is 6.85. The molecule has 0 saturated carbocycles. The van der Waals surface area contributed by atoms with Crippen molar-refractivity contribution in [3.05, 3.63) is 0 Å². The molecule has 0 rings (SSSR count). The maximum atomic E-state index is 9.12. The number of nitrogens with one attached hydrogen (secondary N) is 3. The summed E-state index contributed by atoms with van der Waals surface area (Å²) in [6.07, 6.45) is -0.490. The van der Waals surface area contributed by atoms with Crippen molar-refractivity contribution in [2.45, 2.75) is 6.10 Å². The summed E-state index contributed by atoms with van der Waals surface area (Å²) in [6, 6.07) is -0.0276. The lowest BCUT2D eigenvalue weighted by molar-refractivity contribution is 0.174. The van der Waals surface area contributed by atoms with Crippen LogP contribution < -0.4 is 10.6 Å². The highest BCUT2D eigenvalue weighted by molar-refractivity contribution is 5.69. The van der Waals surface area contributed by atoms with Crippen LogP contribution in [-0.4, -0.2) is 44.5 Å². The maximum Gasteiger partial charge on any atom is 0.281 e.